The first-order valence-electron chi connectivity index (χ1n) is 4.14. The summed E-state index contributed by atoms with van der Waals surface area (Å²) in [6.45, 7) is 3.74. The Balaban J connectivity index is 4.22. The van der Waals surface area contributed by atoms with Crippen LogP contribution in [0, 0.1) is 0 Å². The zero-order valence-electron chi connectivity index (χ0n) is 7.43. The maximum atomic E-state index is 9.95. The van der Waals surface area contributed by atoms with Crippen LogP contribution in [-0.4, -0.2) is 25.7 Å². The number of rotatable bonds is 5. The maximum absolute atomic E-state index is 9.95. The second-order valence-corrected chi connectivity index (χ2v) is 6.42. The largest absolute Gasteiger partial charge is 0.390 e. The van der Waals surface area contributed by atoms with Crippen LogP contribution in [-0.2, 0) is 0 Å². The van der Waals surface area contributed by atoms with Crippen molar-refractivity contribution in [1.82, 2.24) is 0 Å². The van der Waals surface area contributed by atoms with Gasteiger partial charge in [0.2, 0.25) is 0 Å². The van der Waals surface area contributed by atoms with Gasteiger partial charge in [-0.25, -0.2) is 0 Å². The fourth-order valence-corrected chi connectivity index (χ4v) is 2.28. The van der Waals surface area contributed by atoms with Crippen molar-refractivity contribution in [3.63, 3.8) is 0 Å². The summed E-state index contributed by atoms with van der Waals surface area (Å²) in [7, 11) is 0. The summed E-state index contributed by atoms with van der Waals surface area (Å²) >= 11 is 6.59. The molecule has 0 rings (SSSR count). The minimum Gasteiger partial charge on any atom is -0.390 e. The topological polar surface area (TPSA) is 40.5 Å². The lowest BCUT2D eigenvalue weighted by Crippen LogP contribution is -2.42. The Morgan fingerprint density at radius 1 is 1.33 bits per heavy atom. The van der Waals surface area contributed by atoms with E-state index >= 15 is 0 Å². The van der Waals surface area contributed by atoms with Crippen molar-refractivity contribution in [2.24, 2.45) is 0 Å². The van der Waals surface area contributed by atoms with E-state index in [0.717, 1.165) is 0 Å². The molecule has 4 heteroatoms. The van der Waals surface area contributed by atoms with E-state index in [9.17, 15) is 10.2 Å². The Hall–Kier alpha value is 0.880. The molecule has 12 heavy (non-hydrogen) atoms. The normalized spacial score (nSPS) is 19.2. The van der Waals surface area contributed by atoms with Crippen LogP contribution in [0.2, 0.25) is 0 Å². The third-order valence-electron chi connectivity index (χ3n) is 2.13. The van der Waals surface area contributed by atoms with E-state index in [2.05, 4.69) is 31.9 Å². The van der Waals surface area contributed by atoms with Crippen LogP contribution in [0.15, 0.2) is 0 Å². The number of hydrogen-bond donors (Lipinski definition) is 2. The summed E-state index contributed by atoms with van der Waals surface area (Å²) in [5.41, 5.74) is -0.966. The fraction of sp³-hybridized carbons (Fsp3) is 1.00. The molecule has 2 atom stereocenters. The zero-order chi connectivity index (χ0) is 9.78. The lowest BCUT2D eigenvalue weighted by atomic mass is 9.89. The molecule has 0 amide bonds. The molecular formula is C8H16Br2O2. The summed E-state index contributed by atoms with van der Waals surface area (Å²) in [6.07, 6.45) is 1.02. The highest BCUT2D eigenvalue weighted by Crippen LogP contribution is 2.28. The van der Waals surface area contributed by atoms with Crippen LogP contribution < -0.4 is 0 Å². The van der Waals surface area contributed by atoms with Gasteiger partial charge in [0, 0.05) is 6.42 Å². The van der Waals surface area contributed by atoms with Crippen molar-refractivity contribution in [3.05, 3.63) is 0 Å². The van der Waals surface area contributed by atoms with Crippen LogP contribution in [0.1, 0.15) is 33.1 Å². The highest BCUT2D eigenvalue weighted by molar-refractivity contribution is 9.24. The van der Waals surface area contributed by atoms with Gasteiger partial charge in [-0.05, 0) is 12.8 Å². The van der Waals surface area contributed by atoms with Gasteiger partial charge in [-0.15, -0.1) is 0 Å². The molecule has 0 heterocycles. The summed E-state index contributed by atoms with van der Waals surface area (Å²) in [4.78, 5) is 0. The Bertz CT molecular complexity index is 130. The minimum absolute atomic E-state index is 0.0520. The molecule has 0 aliphatic heterocycles. The van der Waals surface area contributed by atoms with Crippen molar-refractivity contribution in [2.75, 3.05) is 0 Å². The van der Waals surface area contributed by atoms with Crippen LogP contribution in [0.5, 0.6) is 0 Å². The van der Waals surface area contributed by atoms with E-state index in [4.69, 9.17) is 0 Å². The molecule has 0 fully saturated rings. The van der Waals surface area contributed by atoms with Crippen LogP contribution in [0.4, 0.5) is 0 Å². The molecular weight excluding hydrogens is 288 g/mol. The van der Waals surface area contributed by atoms with Gasteiger partial charge >= 0.3 is 0 Å². The quantitative estimate of drug-likeness (QED) is 0.766. The average molecular weight is 304 g/mol. The monoisotopic (exact) mass is 302 g/mol. The van der Waals surface area contributed by atoms with E-state index < -0.39 is 11.7 Å². The van der Waals surface area contributed by atoms with Crippen molar-refractivity contribution in [2.45, 2.75) is 48.6 Å². The average Bonchev–Trinajstić information content (AvgIpc) is 2.01. The standard InChI is InChI=1S/C8H16Br2O2/c1-3-6(11)8(12,4-2)5-7(9)10/h6-7,11-12H,3-5H2,1-2H3. The molecule has 0 aromatic heterocycles. The van der Waals surface area contributed by atoms with Gasteiger partial charge in [-0.1, -0.05) is 45.7 Å². The van der Waals surface area contributed by atoms with E-state index in [1.54, 1.807) is 0 Å². The number of alkyl halides is 2. The molecule has 2 N–H and O–H groups in total. The van der Waals surface area contributed by atoms with Crippen LogP contribution in [0.3, 0.4) is 0 Å². The first-order valence-corrected chi connectivity index (χ1v) is 5.98. The maximum Gasteiger partial charge on any atom is 0.0921 e. The molecule has 0 saturated carbocycles. The van der Waals surface area contributed by atoms with Crippen molar-refractivity contribution < 1.29 is 10.2 Å². The third-order valence-corrected chi connectivity index (χ3v) is 2.77. The summed E-state index contributed by atoms with van der Waals surface area (Å²) in [5.74, 6) is 0. The van der Waals surface area contributed by atoms with Gasteiger partial charge in [0.05, 0.1) is 15.4 Å². The van der Waals surface area contributed by atoms with Gasteiger partial charge < -0.3 is 10.2 Å². The second-order valence-electron chi connectivity index (χ2n) is 2.98. The number of aliphatic hydroxyl groups excluding tert-OH is 1. The summed E-state index contributed by atoms with van der Waals surface area (Å²) in [5, 5.41) is 19.5. The highest BCUT2D eigenvalue weighted by Gasteiger charge is 2.33. The fourth-order valence-electron chi connectivity index (χ4n) is 1.16. The van der Waals surface area contributed by atoms with E-state index in [0.29, 0.717) is 19.3 Å². The van der Waals surface area contributed by atoms with Crippen LogP contribution >= 0.6 is 31.9 Å². The molecule has 0 bridgehead atoms. The Morgan fingerprint density at radius 3 is 2.08 bits per heavy atom. The van der Waals surface area contributed by atoms with E-state index in [1.165, 1.54) is 0 Å². The lowest BCUT2D eigenvalue weighted by molar-refractivity contribution is -0.0806. The molecule has 0 aliphatic rings. The first-order chi connectivity index (χ1) is 5.46. The van der Waals surface area contributed by atoms with Crippen molar-refractivity contribution >= 4 is 31.9 Å². The molecule has 0 radical (unpaired) electrons. The predicted molar refractivity (Wildman–Crippen MR) is 57.8 cm³/mol. The Kier molecular flexibility index (Phi) is 5.99. The van der Waals surface area contributed by atoms with Crippen molar-refractivity contribution in [1.29, 1.82) is 0 Å². The highest BCUT2D eigenvalue weighted by atomic mass is 79.9. The molecule has 2 nitrogen and oxygen atoms in total. The van der Waals surface area contributed by atoms with Gasteiger partial charge in [0.1, 0.15) is 0 Å². The molecule has 74 valence electrons. The number of halogens is 2. The second kappa shape index (κ2) is 5.58. The minimum atomic E-state index is -0.966. The van der Waals surface area contributed by atoms with Crippen LogP contribution in [0.25, 0.3) is 0 Å². The van der Waals surface area contributed by atoms with Gasteiger partial charge in [0.25, 0.3) is 0 Å². The molecule has 0 saturated heterocycles. The molecule has 2 unspecified atom stereocenters. The van der Waals surface area contributed by atoms with Crippen molar-refractivity contribution in [3.8, 4) is 0 Å². The Morgan fingerprint density at radius 2 is 1.83 bits per heavy atom. The van der Waals surface area contributed by atoms with Gasteiger partial charge in [-0.2, -0.15) is 0 Å². The lowest BCUT2D eigenvalue weighted by Gasteiger charge is -2.32. The predicted octanol–water partition coefficient (Wildman–Crippen LogP) is 2.40. The summed E-state index contributed by atoms with van der Waals surface area (Å²) < 4.78 is 0.0520. The number of aliphatic hydroxyl groups is 2. The van der Waals surface area contributed by atoms with E-state index in [-0.39, 0.29) is 3.74 Å². The van der Waals surface area contributed by atoms with Gasteiger partial charge in [-0.3, -0.25) is 0 Å². The summed E-state index contributed by atoms with van der Waals surface area (Å²) in [6, 6.07) is 0. The molecule has 0 aromatic carbocycles. The van der Waals surface area contributed by atoms with E-state index in [1.807, 2.05) is 13.8 Å². The number of hydrogen-bond acceptors (Lipinski definition) is 2. The third kappa shape index (κ3) is 3.73. The molecule has 0 aromatic rings. The molecule has 0 spiro atoms. The first kappa shape index (κ1) is 12.9. The zero-order valence-corrected chi connectivity index (χ0v) is 10.6. The smallest absolute Gasteiger partial charge is 0.0921 e. The molecule has 0 aliphatic carbocycles. The SMILES string of the molecule is CCC(O)C(O)(CC)CC(Br)Br. The Labute approximate surface area is 90.6 Å². The van der Waals surface area contributed by atoms with Gasteiger partial charge in [0.15, 0.2) is 0 Å².